The Morgan fingerprint density at radius 2 is 1.81 bits per heavy atom. The molecule has 3 heterocycles. The van der Waals surface area contributed by atoms with E-state index in [0.29, 0.717) is 23.1 Å². The lowest BCUT2D eigenvalue weighted by Crippen LogP contribution is -2.19. The standard InChI is InChI=1S/C14H17N7/c1-9-7-10(2)18-14(17-9)21-12(16)11(8-15)13(19-21)20-5-3-4-6-20/h7H,3-6,16H2,1-2H3. The highest BCUT2D eigenvalue weighted by Gasteiger charge is 2.24. The number of hydrogen-bond donors (Lipinski definition) is 1. The Labute approximate surface area is 123 Å². The van der Waals surface area contributed by atoms with Gasteiger partial charge >= 0.3 is 0 Å². The van der Waals surface area contributed by atoms with Crippen LogP contribution in [0.25, 0.3) is 5.95 Å². The van der Waals surface area contributed by atoms with Gasteiger partial charge in [0.25, 0.3) is 5.95 Å². The number of rotatable bonds is 2. The van der Waals surface area contributed by atoms with Gasteiger partial charge in [-0.15, -0.1) is 5.10 Å². The van der Waals surface area contributed by atoms with Crippen LogP contribution in [0.3, 0.4) is 0 Å². The molecule has 2 aromatic heterocycles. The van der Waals surface area contributed by atoms with Crippen LogP contribution < -0.4 is 10.6 Å². The minimum absolute atomic E-state index is 0.296. The molecule has 7 nitrogen and oxygen atoms in total. The lowest BCUT2D eigenvalue weighted by Gasteiger charge is -2.13. The number of hydrogen-bond acceptors (Lipinski definition) is 6. The third kappa shape index (κ3) is 2.29. The fraction of sp³-hybridized carbons (Fsp3) is 0.429. The first-order valence-electron chi connectivity index (χ1n) is 6.96. The highest BCUT2D eigenvalue weighted by molar-refractivity contribution is 5.66. The summed E-state index contributed by atoms with van der Waals surface area (Å²) < 4.78 is 1.46. The van der Waals surface area contributed by atoms with E-state index in [9.17, 15) is 5.26 Å². The summed E-state index contributed by atoms with van der Waals surface area (Å²) in [4.78, 5) is 10.8. The predicted molar refractivity (Wildman–Crippen MR) is 79.2 cm³/mol. The van der Waals surface area contributed by atoms with E-state index in [2.05, 4.69) is 26.0 Å². The van der Waals surface area contributed by atoms with E-state index in [1.807, 2.05) is 19.9 Å². The van der Waals surface area contributed by atoms with Gasteiger partial charge in [0.1, 0.15) is 11.6 Å². The molecule has 7 heteroatoms. The van der Waals surface area contributed by atoms with Gasteiger partial charge in [0.05, 0.1) is 0 Å². The smallest absolute Gasteiger partial charge is 0.253 e. The van der Waals surface area contributed by atoms with Gasteiger partial charge in [-0.2, -0.15) is 9.94 Å². The molecule has 1 fully saturated rings. The van der Waals surface area contributed by atoms with Crippen LogP contribution in [-0.2, 0) is 0 Å². The van der Waals surface area contributed by atoms with Crippen LogP contribution in [0.4, 0.5) is 11.6 Å². The minimum Gasteiger partial charge on any atom is -0.382 e. The van der Waals surface area contributed by atoms with E-state index < -0.39 is 0 Å². The number of nitrogens with two attached hydrogens (primary N) is 1. The summed E-state index contributed by atoms with van der Waals surface area (Å²) in [6, 6.07) is 4.04. The second-order valence-corrected chi connectivity index (χ2v) is 5.25. The molecule has 0 saturated carbocycles. The second-order valence-electron chi connectivity index (χ2n) is 5.25. The maximum Gasteiger partial charge on any atom is 0.253 e. The summed E-state index contributed by atoms with van der Waals surface area (Å²) in [5.74, 6) is 1.34. The highest BCUT2D eigenvalue weighted by atomic mass is 15.4. The molecule has 0 aliphatic carbocycles. The number of nitriles is 1. The molecule has 0 spiro atoms. The molecule has 2 aromatic rings. The van der Waals surface area contributed by atoms with Gasteiger partial charge in [0.15, 0.2) is 11.6 Å². The summed E-state index contributed by atoms with van der Waals surface area (Å²) in [5, 5.41) is 13.9. The Kier molecular flexibility index (Phi) is 3.22. The zero-order valence-corrected chi connectivity index (χ0v) is 12.2. The second kappa shape index (κ2) is 5.05. The molecule has 1 saturated heterocycles. The average Bonchev–Trinajstić information content (AvgIpc) is 3.04. The van der Waals surface area contributed by atoms with Crippen molar-refractivity contribution in [2.24, 2.45) is 0 Å². The zero-order valence-electron chi connectivity index (χ0n) is 12.2. The van der Waals surface area contributed by atoms with Crippen molar-refractivity contribution in [1.29, 1.82) is 5.26 Å². The molecule has 0 bridgehead atoms. The molecule has 21 heavy (non-hydrogen) atoms. The number of nitrogens with zero attached hydrogens (tertiary/aromatic N) is 6. The Hall–Kier alpha value is -2.62. The highest BCUT2D eigenvalue weighted by Crippen LogP contribution is 2.28. The largest absolute Gasteiger partial charge is 0.382 e. The zero-order chi connectivity index (χ0) is 15.0. The number of aromatic nitrogens is 4. The summed E-state index contributed by atoms with van der Waals surface area (Å²) in [5.41, 5.74) is 8.17. The van der Waals surface area contributed by atoms with Gasteiger partial charge in [0.2, 0.25) is 0 Å². The lowest BCUT2D eigenvalue weighted by atomic mass is 10.3. The molecule has 108 valence electrons. The third-order valence-corrected chi connectivity index (χ3v) is 3.58. The molecule has 1 aliphatic rings. The van der Waals surface area contributed by atoms with E-state index in [1.54, 1.807) is 0 Å². The minimum atomic E-state index is 0.296. The quantitative estimate of drug-likeness (QED) is 0.893. The van der Waals surface area contributed by atoms with Crippen molar-refractivity contribution < 1.29 is 0 Å². The van der Waals surface area contributed by atoms with Gasteiger partial charge in [-0.05, 0) is 32.8 Å². The Morgan fingerprint density at radius 1 is 1.19 bits per heavy atom. The predicted octanol–water partition coefficient (Wildman–Crippen LogP) is 1.33. The molecule has 0 amide bonds. The number of nitrogen functional groups attached to an aromatic ring is 1. The van der Waals surface area contributed by atoms with Gasteiger partial charge in [0, 0.05) is 24.5 Å². The molecule has 0 radical (unpaired) electrons. The average molecular weight is 283 g/mol. The van der Waals surface area contributed by atoms with Crippen LogP contribution in [0.2, 0.25) is 0 Å². The number of anilines is 2. The third-order valence-electron chi connectivity index (χ3n) is 3.58. The van der Waals surface area contributed by atoms with E-state index >= 15 is 0 Å². The molecule has 0 unspecified atom stereocenters. The van der Waals surface area contributed by atoms with Crippen LogP contribution >= 0.6 is 0 Å². The Bertz CT molecular complexity index is 699. The fourth-order valence-corrected chi connectivity index (χ4v) is 2.63. The lowest BCUT2D eigenvalue weighted by molar-refractivity contribution is 0.788. The van der Waals surface area contributed by atoms with Crippen molar-refractivity contribution in [2.45, 2.75) is 26.7 Å². The molecular weight excluding hydrogens is 266 g/mol. The molecule has 0 atom stereocenters. The first-order chi connectivity index (χ1) is 10.1. The SMILES string of the molecule is Cc1cc(C)nc(-n2nc(N3CCCC3)c(C#N)c2N)n1. The normalized spacial score (nSPS) is 14.4. The number of aryl methyl sites for hydroxylation is 2. The topological polar surface area (TPSA) is 96.7 Å². The van der Waals surface area contributed by atoms with Gasteiger partial charge in [-0.3, -0.25) is 0 Å². The van der Waals surface area contributed by atoms with Crippen LogP contribution in [0.5, 0.6) is 0 Å². The first-order valence-corrected chi connectivity index (χ1v) is 6.96. The van der Waals surface area contributed by atoms with E-state index in [-0.39, 0.29) is 0 Å². The first kappa shape index (κ1) is 13.4. The van der Waals surface area contributed by atoms with Crippen LogP contribution in [-0.4, -0.2) is 32.8 Å². The molecule has 3 rings (SSSR count). The van der Waals surface area contributed by atoms with Crippen molar-refractivity contribution in [3.8, 4) is 12.0 Å². The van der Waals surface area contributed by atoms with E-state index in [4.69, 9.17) is 5.73 Å². The summed E-state index contributed by atoms with van der Waals surface area (Å²) >= 11 is 0. The van der Waals surface area contributed by atoms with E-state index in [1.165, 1.54) is 4.68 Å². The molecule has 2 N–H and O–H groups in total. The van der Waals surface area contributed by atoms with Crippen molar-refractivity contribution >= 4 is 11.6 Å². The van der Waals surface area contributed by atoms with Crippen LogP contribution in [0.1, 0.15) is 29.8 Å². The van der Waals surface area contributed by atoms with Crippen molar-refractivity contribution in [2.75, 3.05) is 23.7 Å². The molecule has 1 aliphatic heterocycles. The fourth-order valence-electron chi connectivity index (χ4n) is 2.63. The van der Waals surface area contributed by atoms with E-state index in [0.717, 1.165) is 37.3 Å². The Morgan fingerprint density at radius 3 is 2.38 bits per heavy atom. The van der Waals surface area contributed by atoms with Crippen molar-refractivity contribution in [3.63, 3.8) is 0 Å². The van der Waals surface area contributed by atoms with Crippen molar-refractivity contribution in [1.82, 2.24) is 19.7 Å². The molecular formula is C14H17N7. The summed E-state index contributed by atoms with van der Waals surface area (Å²) in [6.45, 7) is 5.59. The van der Waals surface area contributed by atoms with Crippen LogP contribution in [0, 0.1) is 25.2 Å². The maximum absolute atomic E-state index is 9.38. The monoisotopic (exact) mass is 283 g/mol. The summed E-state index contributed by atoms with van der Waals surface area (Å²) in [7, 11) is 0. The van der Waals surface area contributed by atoms with Crippen molar-refractivity contribution in [3.05, 3.63) is 23.0 Å². The van der Waals surface area contributed by atoms with Gasteiger partial charge < -0.3 is 10.6 Å². The van der Waals surface area contributed by atoms with Crippen LogP contribution in [0.15, 0.2) is 6.07 Å². The van der Waals surface area contributed by atoms with Gasteiger partial charge in [-0.1, -0.05) is 0 Å². The molecule has 0 aromatic carbocycles. The summed E-state index contributed by atoms with van der Waals surface area (Å²) in [6.07, 6.45) is 2.22. The maximum atomic E-state index is 9.38. The van der Waals surface area contributed by atoms with Gasteiger partial charge in [-0.25, -0.2) is 9.97 Å². The Balaban J connectivity index is 2.13.